The Kier molecular flexibility index (Phi) is 6.62. The van der Waals surface area contributed by atoms with Gasteiger partial charge in [0, 0.05) is 13.1 Å². The van der Waals surface area contributed by atoms with Crippen LogP contribution in [0.1, 0.15) is 48.9 Å². The summed E-state index contributed by atoms with van der Waals surface area (Å²) >= 11 is 6.25. The summed E-state index contributed by atoms with van der Waals surface area (Å²) in [5.41, 5.74) is 0.679. The number of rotatable bonds is 5. The minimum absolute atomic E-state index is 0.139. The third-order valence-corrected chi connectivity index (χ3v) is 7.28. The Hall–Kier alpha value is -2.05. The molecule has 1 amide bonds. The van der Waals surface area contributed by atoms with Gasteiger partial charge in [0.25, 0.3) is 15.9 Å². The molecule has 5 nitrogen and oxygen atoms in total. The summed E-state index contributed by atoms with van der Waals surface area (Å²) in [5.74, 6) is -0.260. The van der Waals surface area contributed by atoms with Gasteiger partial charge in [-0.2, -0.15) is 0 Å². The van der Waals surface area contributed by atoms with E-state index in [0.717, 1.165) is 25.7 Å². The summed E-state index contributed by atoms with van der Waals surface area (Å²) in [4.78, 5) is 13.0. The van der Waals surface area contributed by atoms with Crippen LogP contribution < -0.4 is 9.62 Å². The number of anilines is 1. The standard InChI is InChI=1S/C21H25ClN2O3S/c1-24(28(26,27)18-11-7-4-8-12-18)17-13-14-20(22)19(15-17)21(25)23-16-9-5-2-3-6-10-16/h4,7-8,11-16H,2-3,5-6,9-10H2,1H3,(H,23,25). The first-order chi connectivity index (χ1) is 13.4. The molecule has 1 saturated carbocycles. The molecule has 2 aromatic rings. The van der Waals surface area contributed by atoms with Crippen molar-refractivity contribution in [3.8, 4) is 0 Å². The largest absolute Gasteiger partial charge is 0.349 e. The molecule has 1 fully saturated rings. The smallest absolute Gasteiger partial charge is 0.264 e. The number of carbonyl (C=O) groups excluding carboxylic acids is 1. The molecule has 0 spiro atoms. The SMILES string of the molecule is CN(c1ccc(Cl)c(C(=O)NC2CCCCCC2)c1)S(=O)(=O)c1ccccc1. The van der Waals surface area contributed by atoms with E-state index in [-0.39, 0.29) is 16.8 Å². The van der Waals surface area contributed by atoms with Crippen molar-refractivity contribution >= 4 is 33.2 Å². The molecule has 3 rings (SSSR count). The average Bonchev–Trinajstić information content (AvgIpc) is 2.97. The number of carbonyl (C=O) groups is 1. The maximum Gasteiger partial charge on any atom is 0.264 e. The van der Waals surface area contributed by atoms with E-state index in [1.165, 1.54) is 30.3 Å². The molecule has 0 bridgehead atoms. The number of benzene rings is 2. The van der Waals surface area contributed by atoms with Gasteiger partial charge in [0.2, 0.25) is 0 Å². The second kappa shape index (κ2) is 8.97. The quantitative estimate of drug-likeness (QED) is 0.718. The van der Waals surface area contributed by atoms with Crippen molar-refractivity contribution in [2.45, 2.75) is 49.5 Å². The molecule has 0 aromatic heterocycles. The molecular formula is C21H25ClN2O3S. The molecule has 1 N–H and O–H groups in total. The van der Waals surface area contributed by atoms with Gasteiger partial charge >= 0.3 is 0 Å². The van der Waals surface area contributed by atoms with Crippen LogP contribution in [0.3, 0.4) is 0 Å². The Balaban J connectivity index is 1.83. The lowest BCUT2D eigenvalue weighted by atomic mass is 10.1. The Bertz CT molecular complexity index is 924. The minimum atomic E-state index is -3.72. The summed E-state index contributed by atoms with van der Waals surface area (Å²) in [5, 5.41) is 3.37. The van der Waals surface area contributed by atoms with Crippen molar-refractivity contribution in [2.24, 2.45) is 0 Å². The molecule has 7 heteroatoms. The van der Waals surface area contributed by atoms with E-state index in [1.54, 1.807) is 42.5 Å². The van der Waals surface area contributed by atoms with Crippen LogP contribution in [-0.4, -0.2) is 27.4 Å². The second-order valence-electron chi connectivity index (χ2n) is 7.11. The first-order valence-corrected chi connectivity index (χ1v) is 11.4. The zero-order valence-corrected chi connectivity index (χ0v) is 17.5. The molecule has 1 aliphatic rings. The average molecular weight is 421 g/mol. The highest BCUT2D eigenvalue weighted by atomic mass is 35.5. The van der Waals surface area contributed by atoms with Crippen LogP contribution in [0.4, 0.5) is 5.69 Å². The highest BCUT2D eigenvalue weighted by Crippen LogP contribution is 2.27. The molecule has 0 radical (unpaired) electrons. The van der Waals surface area contributed by atoms with Crippen molar-refractivity contribution in [1.82, 2.24) is 5.32 Å². The van der Waals surface area contributed by atoms with Gasteiger partial charge in [-0.05, 0) is 43.2 Å². The predicted octanol–water partition coefficient (Wildman–Crippen LogP) is 4.62. The maximum atomic E-state index is 12.8. The molecule has 0 atom stereocenters. The van der Waals surface area contributed by atoms with Gasteiger partial charge < -0.3 is 5.32 Å². The lowest BCUT2D eigenvalue weighted by Crippen LogP contribution is -2.34. The van der Waals surface area contributed by atoms with Crippen molar-refractivity contribution in [3.05, 3.63) is 59.1 Å². The van der Waals surface area contributed by atoms with E-state index in [4.69, 9.17) is 11.6 Å². The van der Waals surface area contributed by atoms with Gasteiger partial charge in [-0.3, -0.25) is 9.10 Å². The molecule has 1 aliphatic carbocycles. The van der Waals surface area contributed by atoms with Crippen LogP contribution in [0, 0.1) is 0 Å². The number of hydrogen-bond donors (Lipinski definition) is 1. The molecule has 150 valence electrons. The predicted molar refractivity (Wildman–Crippen MR) is 112 cm³/mol. The molecule has 0 saturated heterocycles. The van der Waals surface area contributed by atoms with Crippen molar-refractivity contribution in [1.29, 1.82) is 0 Å². The number of nitrogens with zero attached hydrogens (tertiary/aromatic N) is 1. The molecule has 28 heavy (non-hydrogen) atoms. The third kappa shape index (κ3) is 4.67. The van der Waals surface area contributed by atoms with E-state index in [1.807, 2.05) is 0 Å². The van der Waals surface area contributed by atoms with Gasteiger partial charge in [0.05, 0.1) is 21.2 Å². The normalized spacial score (nSPS) is 15.6. The number of hydrogen-bond acceptors (Lipinski definition) is 3. The lowest BCUT2D eigenvalue weighted by Gasteiger charge is -2.21. The number of amides is 1. The van der Waals surface area contributed by atoms with E-state index < -0.39 is 10.0 Å². The highest BCUT2D eigenvalue weighted by Gasteiger charge is 2.23. The van der Waals surface area contributed by atoms with E-state index >= 15 is 0 Å². The molecule has 0 heterocycles. The van der Waals surface area contributed by atoms with Crippen LogP contribution in [-0.2, 0) is 10.0 Å². The van der Waals surface area contributed by atoms with Gasteiger partial charge in [-0.25, -0.2) is 8.42 Å². The first kappa shape index (κ1) is 20.7. The van der Waals surface area contributed by atoms with Crippen LogP contribution in [0.2, 0.25) is 5.02 Å². The number of sulfonamides is 1. The lowest BCUT2D eigenvalue weighted by molar-refractivity contribution is 0.0933. The van der Waals surface area contributed by atoms with Crippen molar-refractivity contribution in [2.75, 3.05) is 11.4 Å². The van der Waals surface area contributed by atoms with Crippen LogP contribution in [0.25, 0.3) is 0 Å². The van der Waals surface area contributed by atoms with Crippen LogP contribution in [0.15, 0.2) is 53.4 Å². The number of halogens is 1. The first-order valence-electron chi connectivity index (χ1n) is 9.54. The van der Waals surface area contributed by atoms with Crippen molar-refractivity contribution < 1.29 is 13.2 Å². The van der Waals surface area contributed by atoms with Gasteiger partial charge in [-0.1, -0.05) is 55.5 Å². The molecule has 0 unspecified atom stereocenters. The summed E-state index contributed by atoms with van der Waals surface area (Å²) in [6, 6.07) is 13.0. The zero-order chi connectivity index (χ0) is 20.1. The van der Waals surface area contributed by atoms with Crippen LogP contribution in [0.5, 0.6) is 0 Å². The maximum absolute atomic E-state index is 12.8. The van der Waals surface area contributed by atoms with Crippen LogP contribution >= 0.6 is 11.6 Å². The monoisotopic (exact) mass is 420 g/mol. The van der Waals surface area contributed by atoms with Crippen molar-refractivity contribution in [3.63, 3.8) is 0 Å². The topological polar surface area (TPSA) is 66.5 Å². The van der Waals surface area contributed by atoms with Gasteiger partial charge in [0.1, 0.15) is 0 Å². The zero-order valence-electron chi connectivity index (χ0n) is 15.9. The third-order valence-electron chi connectivity index (χ3n) is 5.15. The molecule has 2 aromatic carbocycles. The Labute approximate surface area is 171 Å². The van der Waals surface area contributed by atoms with Gasteiger partial charge in [0.15, 0.2) is 0 Å². The van der Waals surface area contributed by atoms with E-state index in [9.17, 15) is 13.2 Å². The molecule has 0 aliphatic heterocycles. The Morgan fingerprint density at radius 3 is 2.32 bits per heavy atom. The second-order valence-corrected chi connectivity index (χ2v) is 9.49. The highest BCUT2D eigenvalue weighted by molar-refractivity contribution is 7.92. The number of nitrogens with one attached hydrogen (secondary N) is 1. The Morgan fingerprint density at radius 2 is 1.68 bits per heavy atom. The summed E-state index contributed by atoms with van der Waals surface area (Å²) in [7, 11) is -2.25. The van der Waals surface area contributed by atoms with E-state index in [0.29, 0.717) is 16.3 Å². The summed E-state index contributed by atoms with van der Waals surface area (Å²) < 4.78 is 26.9. The van der Waals surface area contributed by atoms with Gasteiger partial charge in [-0.15, -0.1) is 0 Å². The van der Waals surface area contributed by atoms with E-state index in [2.05, 4.69) is 5.32 Å². The fourth-order valence-electron chi connectivity index (χ4n) is 3.46. The fraction of sp³-hybridized carbons (Fsp3) is 0.381. The summed E-state index contributed by atoms with van der Waals surface area (Å²) in [6.45, 7) is 0. The minimum Gasteiger partial charge on any atom is -0.349 e. The Morgan fingerprint density at radius 1 is 1.04 bits per heavy atom. The fourth-order valence-corrected chi connectivity index (χ4v) is 4.87. The molecular weight excluding hydrogens is 396 g/mol. The summed E-state index contributed by atoms with van der Waals surface area (Å²) in [6.07, 6.45) is 6.54.